The zero-order valence-electron chi connectivity index (χ0n) is 18.9. The zero-order valence-corrected chi connectivity index (χ0v) is 18.9. The molecule has 0 bridgehead atoms. The quantitative estimate of drug-likeness (QED) is 0.363. The Morgan fingerprint density at radius 2 is 1.52 bits per heavy atom. The first-order valence-corrected chi connectivity index (χ1v) is 10.3. The van der Waals surface area contributed by atoms with E-state index in [1.54, 1.807) is 31.5 Å². The molecule has 1 N–H and O–H groups in total. The van der Waals surface area contributed by atoms with Gasteiger partial charge < -0.3 is 28.7 Å². The highest BCUT2D eigenvalue weighted by atomic mass is 16.5. The average molecular weight is 447 g/mol. The lowest BCUT2D eigenvalue weighted by atomic mass is 10.0. The molecular weight excluding hydrogens is 422 g/mol. The van der Waals surface area contributed by atoms with Crippen molar-refractivity contribution in [3.8, 4) is 28.7 Å². The van der Waals surface area contributed by atoms with E-state index in [4.69, 9.17) is 23.7 Å². The molecular formula is C26H25NO6. The number of H-pyrrole nitrogens is 1. The Balaban J connectivity index is 1.79. The van der Waals surface area contributed by atoms with Crippen molar-refractivity contribution in [3.63, 3.8) is 0 Å². The Morgan fingerprint density at radius 1 is 0.818 bits per heavy atom. The maximum atomic E-state index is 13.6. The second-order valence-electron chi connectivity index (χ2n) is 7.27. The number of rotatable bonds is 9. The summed E-state index contributed by atoms with van der Waals surface area (Å²) in [7, 11) is 6.14. The van der Waals surface area contributed by atoms with Gasteiger partial charge in [0, 0.05) is 23.9 Å². The molecule has 1 heterocycles. The summed E-state index contributed by atoms with van der Waals surface area (Å²) in [6, 6.07) is 16.7. The number of carbonyl (C=O) groups is 1. The summed E-state index contributed by atoms with van der Waals surface area (Å²) in [5, 5.41) is 0.672. The second kappa shape index (κ2) is 9.56. The number of ketones is 1. The van der Waals surface area contributed by atoms with Crippen molar-refractivity contribution >= 4 is 16.7 Å². The van der Waals surface area contributed by atoms with Crippen molar-refractivity contribution in [3.05, 3.63) is 77.5 Å². The van der Waals surface area contributed by atoms with E-state index in [2.05, 4.69) is 4.98 Å². The van der Waals surface area contributed by atoms with Crippen LogP contribution < -0.4 is 23.7 Å². The molecule has 0 radical (unpaired) electrons. The van der Waals surface area contributed by atoms with Crippen LogP contribution in [-0.2, 0) is 6.61 Å². The number of nitrogens with one attached hydrogen (secondary N) is 1. The van der Waals surface area contributed by atoms with Crippen LogP contribution in [0.25, 0.3) is 10.9 Å². The Morgan fingerprint density at radius 3 is 2.12 bits per heavy atom. The minimum Gasteiger partial charge on any atom is -0.497 e. The van der Waals surface area contributed by atoms with Crippen LogP contribution in [0, 0.1) is 0 Å². The maximum absolute atomic E-state index is 13.6. The number of benzene rings is 3. The molecule has 0 fully saturated rings. The molecule has 4 aromatic rings. The number of aromatic amines is 1. The van der Waals surface area contributed by atoms with Crippen molar-refractivity contribution in [2.45, 2.75) is 6.61 Å². The van der Waals surface area contributed by atoms with E-state index >= 15 is 0 Å². The highest BCUT2D eigenvalue weighted by molar-refractivity contribution is 6.18. The van der Waals surface area contributed by atoms with Gasteiger partial charge in [-0.1, -0.05) is 30.3 Å². The van der Waals surface area contributed by atoms with E-state index in [1.807, 2.05) is 36.4 Å². The van der Waals surface area contributed by atoms with Crippen LogP contribution >= 0.6 is 0 Å². The number of carbonyl (C=O) groups excluding carboxylic acids is 1. The standard InChI is InChI=1S/C26H25NO6/c1-29-18-12-20-24(21(13-18)33-15-16-8-6-5-7-9-16)19(14-27-20)25(28)17-10-22(30-2)26(32-4)23(11-17)31-3/h5-14,27H,15H2,1-4H3. The van der Waals surface area contributed by atoms with Crippen LogP contribution in [0.4, 0.5) is 0 Å². The summed E-state index contributed by atoms with van der Waals surface area (Å²) in [6.07, 6.45) is 1.67. The predicted octanol–water partition coefficient (Wildman–Crippen LogP) is 5.01. The van der Waals surface area contributed by atoms with Crippen LogP contribution in [0.3, 0.4) is 0 Å². The molecule has 0 unspecified atom stereocenters. The van der Waals surface area contributed by atoms with Gasteiger partial charge in [0.05, 0.1) is 44.9 Å². The fourth-order valence-corrected chi connectivity index (χ4v) is 3.72. The van der Waals surface area contributed by atoms with Gasteiger partial charge in [-0.3, -0.25) is 4.79 Å². The lowest BCUT2D eigenvalue weighted by Crippen LogP contribution is -2.04. The highest BCUT2D eigenvalue weighted by Gasteiger charge is 2.22. The molecule has 0 saturated carbocycles. The molecule has 7 nitrogen and oxygen atoms in total. The average Bonchev–Trinajstić information content (AvgIpc) is 3.30. The molecule has 7 heteroatoms. The van der Waals surface area contributed by atoms with E-state index in [0.29, 0.717) is 51.9 Å². The van der Waals surface area contributed by atoms with Crippen molar-refractivity contribution < 1.29 is 28.5 Å². The lowest BCUT2D eigenvalue weighted by molar-refractivity contribution is 0.103. The number of fused-ring (bicyclic) bond motifs is 1. The molecule has 0 amide bonds. The second-order valence-corrected chi connectivity index (χ2v) is 7.27. The van der Waals surface area contributed by atoms with Gasteiger partial charge in [-0.05, 0) is 17.7 Å². The van der Waals surface area contributed by atoms with Crippen molar-refractivity contribution in [1.82, 2.24) is 4.98 Å². The number of hydrogen-bond acceptors (Lipinski definition) is 6. The van der Waals surface area contributed by atoms with Gasteiger partial charge in [0.1, 0.15) is 18.1 Å². The normalized spacial score (nSPS) is 10.7. The summed E-state index contributed by atoms with van der Waals surface area (Å²) in [6.45, 7) is 0.353. The highest BCUT2D eigenvalue weighted by Crippen LogP contribution is 2.40. The first-order chi connectivity index (χ1) is 16.1. The largest absolute Gasteiger partial charge is 0.497 e. The lowest BCUT2D eigenvalue weighted by Gasteiger charge is -2.14. The first-order valence-electron chi connectivity index (χ1n) is 10.3. The van der Waals surface area contributed by atoms with Gasteiger partial charge in [-0.15, -0.1) is 0 Å². The Bertz CT molecular complexity index is 1250. The number of aromatic nitrogens is 1. The van der Waals surface area contributed by atoms with Gasteiger partial charge in [0.15, 0.2) is 17.3 Å². The maximum Gasteiger partial charge on any atom is 0.203 e. The van der Waals surface area contributed by atoms with Gasteiger partial charge in [-0.2, -0.15) is 0 Å². The van der Waals surface area contributed by atoms with E-state index in [9.17, 15) is 4.79 Å². The summed E-state index contributed by atoms with van der Waals surface area (Å²) < 4.78 is 27.8. The molecule has 170 valence electrons. The first kappa shape index (κ1) is 22.1. The van der Waals surface area contributed by atoms with Crippen LogP contribution in [0.5, 0.6) is 28.7 Å². The summed E-state index contributed by atoms with van der Waals surface area (Å²) in [4.78, 5) is 16.7. The monoisotopic (exact) mass is 447 g/mol. The summed E-state index contributed by atoms with van der Waals surface area (Å²) >= 11 is 0. The topological polar surface area (TPSA) is 79.0 Å². The minimum absolute atomic E-state index is 0.213. The molecule has 1 aromatic heterocycles. The van der Waals surface area contributed by atoms with Gasteiger partial charge >= 0.3 is 0 Å². The SMILES string of the molecule is COc1cc(OCc2ccccc2)c2c(C(=O)c3cc(OC)c(OC)c(OC)c3)c[nH]c2c1. The molecule has 3 aromatic carbocycles. The van der Waals surface area contributed by atoms with Crippen LogP contribution in [-0.4, -0.2) is 39.2 Å². The molecule has 0 aliphatic heterocycles. The molecule has 0 saturated heterocycles. The fourth-order valence-electron chi connectivity index (χ4n) is 3.72. The number of hydrogen-bond donors (Lipinski definition) is 1. The van der Waals surface area contributed by atoms with Crippen molar-refractivity contribution in [1.29, 1.82) is 0 Å². The smallest absolute Gasteiger partial charge is 0.203 e. The van der Waals surface area contributed by atoms with E-state index in [-0.39, 0.29) is 5.78 Å². The minimum atomic E-state index is -0.213. The molecule has 0 atom stereocenters. The molecule has 0 aliphatic rings. The summed E-state index contributed by atoms with van der Waals surface area (Å²) in [5.74, 6) is 2.19. The summed E-state index contributed by atoms with van der Waals surface area (Å²) in [5.41, 5.74) is 2.61. The molecule has 0 aliphatic carbocycles. The van der Waals surface area contributed by atoms with Gasteiger partial charge in [0.2, 0.25) is 5.75 Å². The van der Waals surface area contributed by atoms with Crippen molar-refractivity contribution in [2.75, 3.05) is 28.4 Å². The van der Waals surface area contributed by atoms with Crippen LogP contribution in [0.15, 0.2) is 60.8 Å². The Labute approximate surface area is 191 Å². The molecule has 4 rings (SSSR count). The Kier molecular flexibility index (Phi) is 6.40. The third-order valence-corrected chi connectivity index (χ3v) is 5.36. The number of methoxy groups -OCH3 is 4. The van der Waals surface area contributed by atoms with Crippen LogP contribution in [0.2, 0.25) is 0 Å². The van der Waals surface area contributed by atoms with Crippen LogP contribution in [0.1, 0.15) is 21.5 Å². The van der Waals surface area contributed by atoms with E-state index in [1.165, 1.54) is 21.3 Å². The number of ether oxygens (including phenoxy) is 5. The Hall–Kier alpha value is -4.13. The third-order valence-electron chi connectivity index (χ3n) is 5.36. The predicted molar refractivity (Wildman–Crippen MR) is 125 cm³/mol. The fraction of sp³-hybridized carbons (Fsp3) is 0.192. The van der Waals surface area contributed by atoms with Gasteiger partial charge in [-0.25, -0.2) is 0 Å². The molecule has 0 spiro atoms. The van der Waals surface area contributed by atoms with Gasteiger partial charge in [0.25, 0.3) is 0 Å². The van der Waals surface area contributed by atoms with Crippen molar-refractivity contribution in [2.24, 2.45) is 0 Å². The van der Waals surface area contributed by atoms with E-state index < -0.39 is 0 Å². The zero-order chi connectivity index (χ0) is 23.4. The molecule has 33 heavy (non-hydrogen) atoms. The third kappa shape index (κ3) is 4.30. The van der Waals surface area contributed by atoms with E-state index in [0.717, 1.165) is 11.1 Å².